The first-order valence-corrected chi connectivity index (χ1v) is 4.69. The van der Waals surface area contributed by atoms with Crippen molar-refractivity contribution < 1.29 is 19.1 Å². The molecule has 5 heteroatoms. The van der Waals surface area contributed by atoms with Crippen molar-refractivity contribution in [2.45, 2.75) is 13.0 Å². The molecule has 1 saturated heterocycles. The Balaban J connectivity index is 2.26. The number of hydrogen-bond donors (Lipinski definition) is 2. The van der Waals surface area contributed by atoms with Crippen molar-refractivity contribution in [3.8, 4) is 0 Å². The second-order valence-electron chi connectivity index (χ2n) is 3.88. The lowest BCUT2D eigenvalue weighted by Gasteiger charge is -2.40. The topological polar surface area (TPSA) is 85.7 Å². The summed E-state index contributed by atoms with van der Waals surface area (Å²) in [5, 5.41) is 9.12. The van der Waals surface area contributed by atoms with E-state index in [1.807, 2.05) is 0 Å². The minimum absolute atomic E-state index is 0.142. The number of carbonyl (C=O) groups is 1. The fourth-order valence-corrected chi connectivity index (χ4v) is 1.65. The molecule has 0 amide bonds. The summed E-state index contributed by atoms with van der Waals surface area (Å²) < 4.78 is 10.3. The molecule has 1 fully saturated rings. The number of aliphatic carboxylic acids is 1. The zero-order chi connectivity index (χ0) is 11.1. The van der Waals surface area contributed by atoms with Crippen LogP contribution < -0.4 is 5.73 Å². The van der Waals surface area contributed by atoms with E-state index in [-0.39, 0.29) is 13.2 Å². The zero-order valence-corrected chi connectivity index (χ0v) is 8.40. The van der Waals surface area contributed by atoms with Gasteiger partial charge in [-0.1, -0.05) is 0 Å². The molecule has 1 unspecified atom stereocenters. The Hall–Kier alpha value is -1.33. The first-order valence-electron chi connectivity index (χ1n) is 4.69. The van der Waals surface area contributed by atoms with E-state index in [1.165, 1.54) is 0 Å². The number of ether oxygens (including phenoxy) is 1. The van der Waals surface area contributed by atoms with Crippen molar-refractivity contribution in [1.29, 1.82) is 0 Å². The van der Waals surface area contributed by atoms with E-state index in [0.717, 1.165) is 5.76 Å². The Morgan fingerprint density at radius 2 is 2.27 bits per heavy atom. The summed E-state index contributed by atoms with van der Waals surface area (Å²) in [5.74, 6) is 0.287. The van der Waals surface area contributed by atoms with Gasteiger partial charge in [0.15, 0.2) is 0 Å². The molecule has 15 heavy (non-hydrogen) atoms. The van der Waals surface area contributed by atoms with Crippen molar-refractivity contribution in [1.82, 2.24) is 0 Å². The molecular weight excluding hydrogens is 198 g/mol. The fourth-order valence-electron chi connectivity index (χ4n) is 1.65. The maximum absolute atomic E-state index is 11.1. The predicted octanol–water partition coefficient (Wildman–Crippen LogP) is 0.689. The summed E-state index contributed by atoms with van der Waals surface area (Å²) in [4.78, 5) is 11.1. The van der Waals surface area contributed by atoms with Gasteiger partial charge in [-0.05, 0) is 19.1 Å². The Bertz CT molecular complexity index is 381. The highest BCUT2D eigenvalue weighted by Gasteiger charge is 2.52. The highest BCUT2D eigenvalue weighted by molar-refractivity contribution is 5.77. The molecule has 1 aliphatic rings. The second kappa shape index (κ2) is 3.36. The summed E-state index contributed by atoms with van der Waals surface area (Å²) in [5.41, 5.74) is 4.87. The largest absolute Gasteiger partial charge is 0.481 e. The van der Waals surface area contributed by atoms with E-state index in [9.17, 15) is 4.79 Å². The molecule has 0 radical (unpaired) electrons. The first-order chi connectivity index (χ1) is 7.06. The molecule has 5 nitrogen and oxygen atoms in total. The molecule has 0 spiro atoms. The Kier molecular flexibility index (Phi) is 2.28. The van der Waals surface area contributed by atoms with Crippen LogP contribution >= 0.6 is 0 Å². The van der Waals surface area contributed by atoms with Crippen molar-refractivity contribution in [3.63, 3.8) is 0 Å². The van der Waals surface area contributed by atoms with E-state index < -0.39 is 17.4 Å². The van der Waals surface area contributed by atoms with Crippen molar-refractivity contribution >= 4 is 5.97 Å². The van der Waals surface area contributed by atoms with Gasteiger partial charge in [0.25, 0.3) is 0 Å². The number of nitrogens with two attached hydrogens (primary N) is 1. The van der Waals surface area contributed by atoms with Crippen molar-refractivity contribution in [2.75, 3.05) is 13.2 Å². The minimum atomic E-state index is -1.02. The number of rotatable bonds is 3. The maximum Gasteiger partial charge on any atom is 0.316 e. The molecule has 1 aromatic rings. The van der Waals surface area contributed by atoms with E-state index in [1.54, 1.807) is 19.1 Å². The Morgan fingerprint density at radius 3 is 2.60 bits per heavy atom. The molecule has 1 aromatic heterocycles. The quantitative estimate of drug-likeness (QED) is 0.768. The van der Waals surface area contributed by atoms with Crippen LogP contribution in [0.5, 0.6) is 0 Å². The Labute approximate surface area is 86.8 Å². The number of carboxylic acids is 1. The molecule has 0 aromatic carbocycles. The normalized spacial score (nSPS) is 20.7. The van der Waals surface area contributed by atoms with Crippen LogP contribution in [0.3, 0.4) is 0 Å². The van der Waals surface area contributed by atoms with Gasteiger partial charge in [-0.25, -0.2) is 0 Å². The highest BCUT2D eigenvalue weighted by Crippen LogP contribution is 2.39. The van der Waals surface area contributed by atoms with Gasteiger partial charge in [0, 0.05) is 0 Å². The highest BCUT2D eigenvalue weighted by atomic mass is 16.5. The predicted molar refractivity (Wildman–Crippen MR) is 51.3 cm³/mol. The van der Waals surface area contributed by atoms with Crippen LogP contribution in [0.15, 0.2) is 16.5 Å². The average molecular weight is 211 g/mol. The van der Waals surface area contributed by atoms with Crippen molar-refractivity contribution in [3.05, 3.63) is 23.7 Å². The van der Waals surface area contributed by atoms with Gasteiger partial charge in [0.05, 0.1) is 19.3 Å². The summed E-state index contributed by atoms with van der Waals surface area (Å²) in [6, 6.07) is 2.82. The monoisotopic (exact) mass is 211 g/mol. The second-order valence-corrected chi connectivity index (χ2v) is 3.88. The number of aryl methyl sites for hydroxylation is 1. The lowest BCUT2D eigenvalue weighted by atomic mass is 9.77. The molecular formula is C10H13NO4. The van der Waals surface area contributed by atoms with Crippen molar-refractivity contribution in [2.24, 2.45) is 11.1 Å². The van der Waals surface area contributed by atoms with E-state index >= 15 is 0 Å². The summed E-state index contributed by atoms with van der Waals surface area (Å²) in [7, 11) is 0. The lowest BCUT2D eigenvalue weighted by Crippen LogP contribution is -2.55. The van der Waals surface area contributed by atoms with E-state index in [2.05, 4.69) is 0 Å². The van der Waals surface area contributed by atoms with Gasteiger partial charge in [0.2, 0.25) is 0 Å². The molecule has 2 heterocycles. The van der Waals surface area contributed by atoms with E-state index in [4.69, 9.17) is 20.0 Å². The molecule has 1 aliphatic heterocycles. The molecule has 82 valence electrons. The van der Waals surface area contributed by atoms with Crippen LogP contribution in [-0.2, 0) is 9.53 Å². The van der Waals surface area contributed by atoms with Gasteiger partial charge in [0.1, 0.15) is 16.9 Å². The molecule has 0 bridgehead atoms. The van der Waals surface area contributed by atoms with Crippen LogP contribution in [0.2, 0.25) is 0 Å². The van der Waals surface area contributed by atoms with Gasteiger partial charge in [-0.2, -0.15) is 0 Å². The molecule has 2 rings (SSSR count). The summed E-state index contributed by atoms with van der Waals surface area (Å²) in [6.07, 6.45) is 0. The number of hydrogen-bond acceptors (Lipinski definition) is 4. The summed E-state index contributed by atoms with van der Waals surface area (Å²) in [6.45, 7) is 2.08. The fraction of sp³-hybridized carbons (Fsp3) is 0.500. The SMILES string of the molecule is Cc1ccc(C(N)C2(C(=O)O)COC2)o1. The molecule has 0 aliphatic carbocycles. The maximum atomic E-state index is 11.1. The summed E-state index contributed by atoms with van der Waals surface area (Å²) >= 11 is 0. The van der Waals surface area contributed by atoms with Gasteiger partial charge >= 0.3 is 5.97 Å². The number of furan rings is 1. The van der Waals surface area contributed by atoms with Gasteiger partial charge in [-0.3, -0.25) is 4.79 Å². The van der Waals surface area contributed by atoms with Crippen LogP contribution in [0.25, 0.3) is 0 Å². The molecule has 0 saturated carbocycles. The lowest BCUT2D eigenvalue weighted by molar-refractivity contribution is -0.185. The van der Waals surface area contributed by atoms with E-state index in [0.29, 0.717) is 5.76 Å². The van der Waals surface area contributed by atoms with Crippen LogP contribution in [0.1, 0.15) is 17.6 Å². The molecule has 3 N–H and O–H groups in total. The third kappa shape index (κ3) is 1.44. The van der Waals surface area contributed by atoms with Crippen LogP contribution in [0.4, 0.5) is 0 Å². The van der Waals surface area contributed by atoms with Crippen LogP contribution in [-0.4, -0.2) is 24.3 Å². The van der Waals surface area contributed by atoms with Gasteiger partial charge in [-0.15, -0.1) is 0 Å². The standard InChI is InChI=1S/C10H13NO4/c1-6-2-3-7(15-6)8(11)10(9(12)13)4-14-5-10/h2-3,8H,4-5,11H2,1H3,(H,12,13). The zero-order valence-electron chi connectivity index (χ0n) is 8.40. The minimum Gasteiger partial charge on any atom is -0.481 e. The Morgan fingerprint density at radius 1 is 1.60 bits per heavy atom. The van der Waals surface area contributed by atoms with Gasteiger partial charge < -0.3 is 20.0 Å². The average Bonchev–Trinajstić information content (AvgIpc) is 2.48. The number of carboxylic acid groups (broad SMARTS) is 1. The third-order valence-electron chi connectivity index (χ3n) is 2.81. The van der Waals surface area contributed by atoms with Crippen LogP contribution in [0, 0.1) is 12.3 Å². The third-order valence-corrected chi connectivity index (χ3v) is 2.81. The first kappa shape index (κ1) is 10.2. The smallest absolute Gasteiger partial charge is 0.316 e. The molecule has 1 atom stereocenters.